The van der Waals surface area contributed by atoms with Crippen LogP contribution in [-0.4, -0.2) is 27.9 Å². The summed E-state index contributed by atoms with van der Waals surface area (Å²) in [5.74, 6) is 0. The van der Waals surface area contributed by atoms with Gasteiger partial charge in [-0.3, -0.25) is 4.98 Å². The SMILES string of the molecule is CC1(C)OB(c2ccnc3c2oc2ccc(-c4ccc5c(c4)c4ccccc4n5-c4ccccc4)cc23)OC1(C)C. The van der Waals surface area contributed by atoms with E-state index in [4.69, 9.17) is 18.7 Å². The fourth-order valence-corrected chi connectivity index (χ4v) is 6.02. The third-order valence-corrected chi connectivity index (χ3v) is 8.91. The minimum Gasteiger partial charge on any atom is -0.455 e. The maximum absolute atomic E-state index is 6.38. The summed E-state index contributed by atoms with van der Waals surface area (Å²) in [5, 5.41) is 3.43. The second-order valence-corrected chi connectivity index (χ2v) is 11.9. The van der Waals surface area contributed by atoms with Crippen molar-refractivity contribution >= 4 is 56.5 Å². The molecular formula is C35H29BN2O3. The Kier molecular flexibility index (Phi) is 5.10. The van der Waals surface area contributed by atoms with Crippen LogP contribution in [0, 0.1) is 0 Å². The number of aromatic nitrogens is 2. The Hall–Kier alpha value is -4.39. The standard InChI is InChI=1S/C35H29BN2O3/c1-34(2)35(3,4)41-36(40-34)28-18-19-37-32-27-21-23(15-17-31(27)39-33(28)32)22-14-16-30-26(20-22)25-12-8-9-13-29(25)38(30)24-10-6-5-7-11-24/h5-21H,1-4H3. The molecule has 4 aromatic carbocycles. The van der Waals surface area contributed by atoms with E-state index in [0.717, 1.165) is 38.8 Å². The van der Waals surface area contributed by atoms with Gasteiger partial charge in [-0.1, -0.05) is 48.5 Å². The van der Waals surface area contributed by atoms with Crippen LogP contribution in [0.25, 0.3) is 60.7 Å². The van der Waals surface area contributed by atoms with Crippen molar-refractivity contribution in [3.05, 3.63) is 103 Å². The fourth-order valence-electron chi connectivity index (χ4n) is 6.02. The summed E-state index contributed by atoms with van der Waals surface area (Å²) in [6, 6.07) is 34.1. The van der Waals surface area contributed by atoms with Crippen LogP contribution in [0.15, 0.2) is 108 Å². The van der Waals surface area contributed by atoms with E-state index < -0.39 is 18.3 Å². The molecule has 4 heterocycles. The zero-order valence-corrected chi connectivity index (χ0v) is 23.5. The summed E-state index contributed by atoms with van der Waals surface area (Å²) < 4.78 is 21.4. The van der Waals surface area contributed by atoms with Gasteiger partial charge < -0.3 is 18.3 Å². The van der Waals surface area contributed by atoms with Gasteiger partial charge in [-0.2, -0.15) is 0 Å². The zero-order valence-electron chi connectivity index (χ0n) is 23.5. The average Bonchev–Trinajstić information content (AvgIpc) is 3.59. The number of para-hydroxylation sites is 2. The van der Waals surface area contributed by atoms with Gasteiger partial charge >= 0.3 is 7.12 Å². The molecule has 1 aliphatic rings. The van der Waals surface area contributed by atoms with E-state index in [1.807, 2.05) is 18.3 Å². The quantitative estimate of drug-likeness (QED) is 0.215. The molecule has 6 heteroatoms. The maximum atomic E-state index is 6.38. The van der Waals surface area contributed by atoms with Gasteiger partial charge in [-0.15, -0.1) is 0 Å². The summed E-state index contributed by atoms with van der Waals surface area (Å²) >= 11 is 0. The minimum atomic E-state index is -0.519. The van der Waals surface area contributed by atoms with E-state index >= 15 is 0 Å². The molecule has 1 saturated heterocycles. The van der Waals surface area contributed by atoms with Gasteiger partial charge in [0.1, 0.15) is 11.1 Å². The minimum absolute atomic E-state index is 0.436. The van der Waals surface area contributed by atoms with Gasteiger partial charge in [0.2, 0.25) is 0 Å². The van der Waals surface area contributed by atoms with Crippen LogP contribution in [0.2, 0.25) is 0 Å². The molecule has 0 bridgehead atoms. The molecule has 1 fully saturated rings. The number of hydrogen-bond acceptors (Lipinski definition) is 4. The Morgan fingerprint density at radius 1 is 0.659 bits per heavy atom. The van der Waals surface area contributed by atoms with Gasteiger partial charge in [-0.05, 0) is 87.4 Å². The second kappa shape index (κ2) is 8.56. The van der Waals surface area contributed by atoms with Gasteiger partial charge in [0.25, 0.3) is 0 Å². The molecule has 8 rings (SSSR count). The summed E-state index contributed by atoms with van der Waals surface area (Å²) in [5.41, 5.74) is 8.10. The van der Waals surface area contributed by atoms with Gasteiger partial charge in [0, 0.05) is 33.5 Å². The summed E-state index contributed by atoms with van der Waals surface area (Å²) in [4.78, 5) is 4.73. The van der Waals surface area contributed by atoms with Crippen molar-refractivity contribution < 1.29 is 13.7 Å². The Morgan fingerprint density at radius 3 is 2.10 bits per heavy atom. The van der Waals surface area contributed by atoms with Crippen molar-refractivity contribution in [1.29, 1.82) is 0 Å². The number of hydrogen-bond donors (Lipinski definition) is 0. The van der Waals surface area contributed by atoms with Gasteiger partial charge in [0.15, 0.2) is 5.58 Å². The Bertz CT molecular complexity index is 2110. The van der Waals surface area contributed by atoms with Gasteiger partial charge in [0.05, 0.1) is 22.2 Å². The highest BCUT2D eigenvalue weighted by Gasteiger charge is 2.52. The highest BCUT2D eigenvalue weighted by Crippen LogP contribution is 2.39. The Morgan fingerprint density at radius 2 is 1.32 bits per heavy atom. The van der Waals surface area contributed by atoms with Crippen molar-refractivity contribution in [1.82, 2.24) is 9.55 Å². The molecule has 0 aliphatic carbocycles. The lowest BCUT2D eigenvalue weighted by atomic mass is 9.79. The van der Waals surface area contributed by atoms with Crippen LogP contribution in [0.3, 0.4) is 0 Å². The number of benzene rings is 4. The molecule has 7 aromatic rings. The predicted molar refractivity (Wildman–Crippen MR) is 167 cm³/mol. The van der Waals surface area contributed by atoms with Crippen molar-refractivity contribution in [3.63, 3.8) is 0 Å². The van der Waals surface area contributed by atoms with Crippen LogP contribution in [0.1, 0.15) is 27.7 Å². The number of pyridine rings is 1. The lowest BCUT2D eigenvalue weighted by Gasteiger charge is -2.32. The first-order valence-electron chi connectivity index (χ1n) is 14.1. The second-order valence-electron chi connectivity index (χ2n) is 11.9. The Balaban J connectivity index is 1.27. The molecule has 0 N–H and O–H groups in total. The van der Waals surface area contributed by atoms with Crippen molar-refractivity contribution in [3.8, 4) is 16.8 Å². The topological polar surface area (TPSA) is 49.4 Å². The van der Waals surface area contributed by atoms with E-state index in [2.05, 4.69) is 117 Å². The zero-order chi connectivity index (χ0) is 27.9. The molecule has 200 valence electrons. The van der Waals surface area contributed by atoms with Crippen LogP contribution >= 0.6 is 0 Å². The molecule has 0 unspecified atom stereocenters. The summed E-state index contributed by atoms with van der Waals surface area (Å²) in [6.07, 6.45) is 1.81. The molecule has 0 saturated carbocycles. The molecule has 3 aromatic heterocycles. The molecule has 0 amide bonds. The first-order chi connectivity index (χ1) is 19.8. The number of fused-ring (bicyclic) bond motifs is 6. The Labute approximate surface area is 238 Å². The van der Waals surface area contributed by atoms with E-state index in [9.17, 15) is 0 Å². The van der Waals surface area contributed by atoms with E-state index in [0.29, 0.717) is 5.58 Å². The molecular weight excluding hydrogens is 507 g/mol. The highest BCUT2D eigenvalue weighted by molar-refractivity contribution is 6.65. The number of furan rings is 1. The molecule has 0 radical (unpaired) electrons. The third-order valence-electron chi connectivity index (χ3n) is 8.91. The largest absolute Gasteiger partial charge is 0.498 e. The molecule has 0 atom stereocenters. The van der Waals surface area contributed by atoms with Crippen LogP contribution in [0.4, 0.5) is 0 Å². The lowest BCUT2D eigenvalue weighted by Crippen LogP contribution is -2.41. The predicted octanol–water partition coefficient (Wildman–Crippen LogP) is 8.04. The summed E-state index contributed by atoms with van der Waals surface area (Å²) in [7, 11) is -0.519. The summed E-state index contributed by atoms with van der Waals surface area (Å²) in [6.45, 7) is 8.24. The molecule has 41 heavy (non-hydrogen) atoms. The van der Waals surface area contributed by atoms with E-state index in [-0.39, 0.29) is 0 Å². The number of rotatable bonds is 3. The van der Waals surface area contributed by atoms with E-state index in [1.165, 1.54) is 21.8 Å². The average molecular weight is 536 g/mol. The van der Waals surface area contributed by atoms with Crippen molar-refractivity contribution in [2.24, 2.45) is 0 Å². The first kappa shape index (κ1) is 24.4. The van der Waals surface area contributed by atoms with E-state index in [1.54, 1.807) is 0 Å². The maximum Gasteiger partial charge on any atom is 0.498 e. The monoisotopic (exact) mass is 536 g/mol. The van der Waals surface area contributed by atoms with Crippen LogP contribution < -0.4 is 5.46 Å². The molecule has 1 aliphatic heterocycles. The molecule has 0 spiro atoms. The van der Waals surface area contributed by atoms with Crippen LogP contribution in [-0.2, 0) is 9.31 Å². The third kappa shape index (κ3) is 3.61. The molecule has 5 nitrogen and oxygen atoms in total. The van der Waals surface area contributed by atoms with Crippen LogP contribution in [0.5, 0.6) is 0 Å². The van der Waals surface area contributed by atoms with Gasteiger partial charge in [-0.25, -0.2) is 0 Å². The van der Waals surface area contributed by atoms with Crippen molar-refractivity contribution in [2.75, 3.05) is 0 Å². The first-order valence-corrected chi connectivity index (χ1v) is 14.1. The lowest BCUT2D eigenvalue weighted by molar-refractivity contribution is 0.00578. The smallest absolute Gasteiger partial charge is 0.455 e. The highest BCUT2D eigenvalue weighted by atomic mass is 16.7. The normalized spacial score (nSPS) is 16.4. The number of nitrogens with zero attached hydrogens (tertiary/aromatic N) is 2. The van der Waals surface area contributed by atoms with Crippen molar-refractivity contribution in [2.45, 2.75) is 38.9 Å². The fraction of sp³-hybridized carbons (Fsp3) is 0.171.